The first-order valence-electron chi connectivity index (χ1n) is 8.64. The number of hydrogen-bond acceptors (Lipinski definition) is 3. The fourth-order valence-corrected chi connectivity index (χ4v) is 3.64. The molecule has 1 aliphatic carbocycles. The lowest BCUT2D eigenvalue weighted by Gasteiger charge is -2.21. The van der Waals surface area contributed by atoms with E-state index in [1.165, 1.54) is 32.1 Å². The lowest BCUT2D eigenvalue weighted by atomic mass is 9.89. The topological polar surface area (TPSA) is 42.2 Å². The molecule has 0 aliphatic heterocycles. The maximum Gasteiger partial charge on any atom is 0.154 e. The average molecular weight is 341 g/mol. The molecule has 0 radical (unpaired) electrons. The summed E-state index contributed by atoms with van der Waals surface area (Å²) in [5, 5.41) is 8.94. The Kier molecular flexibility index (Phi) is 4.39. The summed E-state index contributed by atoms with van der Waals surface area (Å²) in [6.07, 6.45) is 8.61. The molecule has 0 amide bonds. The molecule has 0 atom stereocenters. The van der Waals surface area contributed by atoms with Gasteiger partial charge in [-0.25, -0.2) is 9.50 Å². The Bertz CT molecular complexity index is 836. The molecule has 5 heteroatoms. The predicted molar refractivity (Wildman–Crippen MR) is 98.5 cm³/mol. The molecule has 2 heterocycles. The highest BCUT2D eigenvalue weighted by Gasteiger charge is 2.14. The molecule has 1 aliphatic rings. The van der Waals surface area contributed by atoms with Crippen LogP contribution in [0.15, 0.2) is 42.6 Å². The normalized spacial score (nSPS) is 15.7. The van der Waals surface area contributed by atoms with Crippen molar-refractivity contribution in [1.82, 2.24) is 14.6 Å². The highest BCUT2D eigenvalue weighted by molar-refractivity contribution is 6.30. The molecule has 24 heavy (non-hydrogen) atoms. The molecular weight excluding hydrogens is 320 g/mol. The Morgan fingerprint density at radius 1 is 1.12 bits per heavy atom. The number of anilines is 1. The molecule has 0 spiro atoms. The first kappa shape index (κ1) is 15.5. The maximum atomic E-state index is 6.12. The van der Waals surface area contributed by atoms with Gasteiger partial charge < -0.3 is 5.32 Å². The van der Waals surface area contributed by atoms with Gasteiger partial charge in [0, 0.05) is 17.1 Å². The summed E-state index contributed by atoms with van der Waals surface area (Å²) in [6, 6.07) is 11.8. The number of fused-ring (bicyclic) bond motifs is 1. The number of nitrogens with zero attached hydrogens (tertiary/aromatic N) is 3. The van der Waals surface area contributed by atoms with Crippen LogP contribution in [0.25, 0.3) is 16.9 Å². The Morgan fingerprint density at radius 2 is 2.00 bits per heavy atom. The summed E-state index contributed by atoms with van der Waals surface area (Å²) in [7, 11) is 0. The van der Waals surface area contributed by atoms with Crippen molar-refractivity contribution in [3.63, 3.8) is 0 Å². The molecule has 1 aromatic carbocycles. The van der Waals surface area contributed by atoms with Gasteiger partial charge in [-0.2, -0.15) is 0 Å². The zero-order valence-corrected chi connectivity index (χ0v) is 14.3. The van der Waals surface area contributed by atoms with Crippen LogP contribution in [-0.4, -0.2) is 21.1 Å². The van der Waals surface area contributed by atoms with Crippen LogP contribution in [0.3, 0.4) is 0 Å². The van der Waals surface area contributed by atoms with Crippen LogP contribution in [0.5, 0.6) is 0 Å². The van der Waals surface area contributed by atoms with Gasteiger partial charge in [0.25, 0.3) is 0 Å². The Balaban J connectivity index is 1.58. The Labute approximate surface area is 146 Å². The van der Waals surface area contributed by atoms with Gasteiger partial charge in [0.1, 0.15) is 5.82 Å². The van der Waals surface area contributed by atoms with Gasteiger partial charge in [0.2, 0.25) is 0 Å². The van der Waals surface area contributed by atoms with Crippen LogP contribution >= 0.6 is 11.6 Å². The van der Waals surface area contributed by atoms with Gasteiger partial charge in [0.05, 0.1) is 11.9 Å². The molecule has 1 fully saturated rings. The van der Waals surface area contributed by atoms with Crippen LogP contribution in [-0.2, 0) is 0 Å². The summed E-state index contributed by atoms with van der Waals surface area (Å²) >= 11 is 6.12. The number of halogens is 1. The summed E-state index contributed by atoms with van der Waals surface area (Å²) in [6.45, 7) is 1.000. The fourth-order valence-electron chi connectivity index (χ4n) is 3.45. The molecule has 0 saturated heterocycles. The van der Waals surface area contributed by atoms with Gasteiger partial charge in [-0.05, 0) is 43.0 Å². The van der Waals surface area contributed by atoms with Crippen molar-refractivity contribution in [2.75, 3.05) is 11.9 Å². The lowest BCUT2D eigenvalue weighted by Crippen LogP contribution is -2.18. The van der Waals surface area contributed by atoms with Crippen LogP contribution in [0.2, 0.25) is 5.02 Å². The molecule has 1 N–H and O–H groups in total. The second kappa shape index (κ2) is 6.81. The SMILES string of the molecule is Clc1cccc(-c2cnc3ccc(NCC4CCCCC4)nn23)c1. The third kappa shape index (κ3) is 3.24. The van der Waals surface area contributed by atoms with Gasteiger partial charge in [0.15, 0.2) is 5.65 Å². The van der Waals surface area contributed by atoms with Gasteiger partial charge in [-0.15, -0.1) is 5.10 Å². The van der Waals surface area contributed by atoms with Crippen molar-refractivity contribution in [3.8, 4) is 11.3 Å². The average Bonchev–Trinajstić information content (AvgIpc) is 3.04. The minimum Gasteiger partial charge on any atom is -0.368 e. The van der Waals surface area contributed by atoms with E-state index in [0.29, 0.717) is 5.02 Å². The number of rotatable bonds is 4. The highest BCUT2D eigenvalue weighted by atomic mass is 35.5. The first-order chi connectivity index (χ1) is 11.8. The van der Waals surface area contributed by atoms with E-state index in [-0.39, 0.29) is 0 Å². The number of aromatic nitrogens is 3. The molecule has 0 unspecified atom stereocenters. The second-order valence-corrected chi connectivity index (χ2v) is 6.96. The molecule has 3 aromatic rings. The van der Waals surface area contributed by atoms with Crippen LogP contribution in [0.1, 0.15) is 32.1 Å². The predicted octanol–water partition coefficient (Wildman–Crippen LogP) is 5.04. The van der Waals surface area contributed by atoms with E-state index in [4.69, 9.17) is 16.7 Å². The zero-order chi connectivity index (χ0) is 16.4. The molecule has 0 bridgehead atoms. The first-order valence-corrected chi connectivity index (χ1v) is 9.02. The summed E-state index contributed by atoms with van der Waals surface area (Å²) in [4.78, 5) is 4.45. The standard InChI is InChI=1S/C19H21ClN4/c20-16-8-4-7-15(11-16)17-13-22-19-10-9-18(23-24(17)19)21-12-14-5-2-1-3-6-14/h4,7-11,13-14H,1-3,5-6,12H2,(H,21,23). The maximum absolute atomic E-state index is 6.12. The quantitative estimate of drug-likeness (QED) is 0.723. The second-order valence-electron chi connectivity index (χ2n) is 6.53. The largest absolute Gasteiger partial charge is 0.368 e. The minimum atomic E-state index is 0.717. The highest BCUT2D eigenvalue weighted by Crippen LogP contribution is 2.25. The smallest absolute Gasteiger partial charge is 0.154 e. The molecule has 4 rings (SSSR count). The van der Waals surface area contributed by atoms with Crippen molar-refractivity contribution in [1.29, 1.82) is 0 Å². The van der Waals surface area contributed by atoms with Crippen molar-refractivity contribution < 1.29 is 0 Å². The Morgan fingerprint density at radius 3 is 2.83 bits per heavy atom. The van der Waals surface area contributed by atoms with Crippen molar-refractivity contribution in [2.24, 2.45) is 5.92 Å². The van der Waals surface area contributed by atoms with Crippen LogP contribution in [0.4, 0.5) is 5.82 Å². The van der Waals surface area contributed by atoms with E-state index in [0.717, 1.165) is 35.2 Å². The van der Waals surface area contributed by atoms with E-state index in [2.05, 4.69) is 10.3 Å². The van der Waals surface area contributed by atoms with Crippen molar-refractivity contribution in [2.45, 2.75) is 32.1 Å². The number of nitrogens with one attached hydrogen (secondary N) is 1. The number of imidazole rings is 1. The molecule has 1 saturated carbocycles. The van der Waals surface area contributed by atoms with Gasteiger partial charge in [-0.3, -0.25) is 0 Å². The van der Waals surface area contributed by atoms with E-state index < -0.39 is 0 Å². The number of benzene rings is 1. The van der Waals surface area contributed by atoms with Crippen molar-refractivity contribution >= 4 is 23.1 Å². The van der Waals surface area contributed by atoms with Gasteiger partial charge >= 0.3 is 0 Å². The van der Waals surface area contributed by atoms with Crippen LogP contribution in [0, 0.1) is 5.92 Å². The monoisotopic (exact) mass is 340 g/mol. The van der Waals surface area contributed by atoms with E-state index in [1.54, 1.807) is 0 Å². The molecule has 2 aromatic heterocycles. The third-order valence-corrected chi connectivity index (χ3v) is 5.01. The summed E-state index contributed by atoms with van der Waals surface area (Å²) < 4.78 is 1.88. The number of hydrogen-bond donors (Lipinski definition) is 1. The minimum absolute atomic E-state index is 0.717. The Hall–Kier alpha value is -2.07. The van der Waals surface area contributed by atoms with E-state index in [9.17, 15) is 0 Å². The van der Waals surface area contributed by atoms with Crippen LogP contribution < -0.4 is 5.32 Å². The summed E-state index contributed by atoms with van der Waals surface area (Å²) in [5.74, 6) is 1.67. The van der Waals surface area contributed by atoms with Crippen molar-refractivity contribution in [3.05, 3.63) is 47.6 Å². The lowest BCUT2D eigenvalue weighted by molar-refractivity contribution is 0.373. The zero-order valence-electron chi connectivity index (χ0n) is 13.6. The van der Waals surface area contributed by atoms with E-state index in [1.807, 2.05) is 47.1 Å². The molecular formula is C19H21ClN4. The summed E-state index contributed by atoms with van der Waals surface area (Å²) in [5.41, 5.74) is 2.81. The molecule has 124 valence electrons. The molecule has 4 nitrogen and oxygen atoms in total. The van der Waals surface area contributed by atoms with E-state index >= 15 is 0 Å². The third-order valence-electron chi connectivity index (χ3n) is 4.78. The van der Waals surface area contributed by atoms with Gasteiger partial charge in [-0.1, -0.05) is 43.0 Å². The fraction of sp³-hybridized carbons (Fsp3) is 0.368.